The second-order valence-electron chi connectivity index (χ2n) is 10.3. The molecule has 0 saturated heterocycles. The van der Waals surface area contributed by atoms with Gasteiger partial charge in [0.15, 0.2) is 0 Å². The molecule has 0 N–H and O–H groups in total. The fourth-order valence-corrected chi connectivity index (χ4v) is 5.48. The maximum atomic E-state index is 2.50. The summed E-state index contributed by atoms with van der Waals surface area (Å²) in [5.41, 5.74) is 2.88. The minimum Gasteiger partial charge on any atom is -0.237 e. The van der Waals surface area contributed by atoms with Crippen LogP contribution in [0.5, 0.6) is 0 Å². The molecule has 3 aromatic rings. The fraction of sp³-hybridized carbons (Fsp3) is 0.531. The van der Waals surface area contributed by atoms with Crippen molar-refractivity contribution in [1.29, 1.82) is 0 Å². The predicted molar refractivity (Wildman–Crippen MR) is 145 cm³/mol. The van der Waals surface area contributed by atoms with E-state index in [2.05, 4.69) is 109 Å². The molecule has 2 heteroatoms. The third-order valence-electron chi connectivity index (χ3n) is 7.60. The van der Waals surface area contributed by atoms with Gasteiger partial charge in [0, 0.05) is 5.41 Å². The van der Waals surface area contributed by atoms with Crippen molar-refractivity contribution in [3.05, 3.63) is 90.5 Å². The van der Waals surface area contributed by atoms with Crippen molar-refractivity contribution in [2.75, 3.05) is 0 Å². The maximum absolute atomic E-state index is 2.50. The van der Waals surface area contributed by atoms with Crippen LogP contribution in [-0.4, -0.2) is 4.57 Å². The Labute approximate surface area is 209 Å². The number of aryl methyl sites for hydroxylation is 1. The lowest BCUT2D eigenvalue weighted by Crippen LogP contribution is -2.37. The third kappa shape index (κ3) is 7.58. The first-order valence-corrected chi connectivity index (χ1v) is 13.8. The average Bonchev–Trinajstić information content (AvgIpc) is 3.35. The fourth-order valence-electron chi connectivity index (χ4n) is 5.48. The van der Waals surface area contributed by atoms with Crippen LogP contribution in [0, 0.1) is 0 Å². The first kappa shape index (κ1) is 26.3. The summed E-state index contributed by atoms with van der Waals surface area (Å²) >= 11 is 0. The summed E-state index contributed by atoms with van der Waals surface area (Å²) in [6, 6.07) is 22.7. The number of hydrogen-bond donors (Lipinski definition) is 0. The predicted octanol–water partition coefficient (Wildman–Crippen LogP) is 8.46. The van der Waals surface area contributed by atoms with Gasteiger partial charge in [0.05, 0.1) is 6.54 Å². The van der Waals surface area contributed by atoms with E-state index in [1.807, 2.05) is 0 Å². The molecule has 0 saturated carbocycles. The Morgan fingerprint density at radius 2 is 1.35 bits per heavy atom. The standard InChI is InChI=1S/C32H47N2/c1-4-6-7-8-9-10-11-12-19-24-31(34-26-25-33(5-2)28-34)32(3,30-22-17-14-18-23-30)27-29-20-15-13-16-21-29/h13-18,20-23,25-26,28,31H,4-12,19,24,27H2,1-3H3/q+1. The van der Waals surface area contributed by atoms with Crippen LogP contribution in [0.15, 0.2) is 79.4 Å². The molecule has 0 bridgehead atoms. The second-order valence-corrected chi connectivity index (χ2v) is 10.3. The Hall–Kier alpha value is -2.35. The lowest BCUT2D eigenvalue weighted by molar-refractivity contribution is -0.693. The monoisotopic (exact) mass is 459 g/mol. The van der Waals surface area contributed by atoms with Crippen LogP contribution < -0.4 is 4.57 Å². The van der Waals surface area contributed by atoms with Crippen LogP contribution >= 0.6 is 0 Å². The summed E-state index contributed by atoms with van der Waals surface area (Å²) in [6.07, 6.45) is 21.5. The Bertz CT molecular complexity index is 914. The van der Waals surface area contributed by atoms with Gasteiger partial charge in [-0.25, -0.2) is 9.13 Å². The molecule has 2 aromatic carbocycles. The number of rotatable bonds is 16. The summed E-state index contributed by atoms with van der Waals surface area (Å²) in [5, 5.41) is 0. The van der Waals surface area contributed by atoms with Crippen molar-refractivity contribution in [2.45, 2.75) is 109 Å². The number of hydrogen-bond acceptors (Lipinski definition) is 0. The van der Waals surface area contributed by atoms with Gasteiger partial charge in [-0.05, 0) is 37.3 Å². The minimum atomic E-state index is 0.0212. The van der Waals surface area contributed by atoms with Crippen LogP contribution in [0.4, 0.5) is 0 Å². The van der Waals surface area contributed by atoms with E-state index in [1.54, 1.807) is 0 Å². The summed E-state index contributed by atoms with van der Waals surface area (Å²) in [7, 11) is 0. The lowest BCUT2D eigenvalue weighted by atomic mass is 9.70. The van der Waals surface area contributed by atoms with Gasteiger partial charge in [0.25, 0.3) is 0 Å². The van der Waals surface area contributed by atoms with Gasteiger partial charge in [0.1, 0.15) is 18.4 Å². The zero-order valence-corrected chi connectivity index (χ0v) is 22.0. The molecule has 0 spiro atoms. The number of benzene rings is 2. The number of aromatic nitrogens is 2. The highest BCUT2D eigenvalue weighted by molar-refractivity contribution is 5.30. The van der Waals surface area contributed by atoms with E-state index in [4.69, 9.17) is 0 Å². The average molecular weight is 460 g/mol. The molecular weight excluding hydrogens is 412 g/mol. The van der Waals surface area contributed by atoms with Crippen LogP contribution in [0.3, 0.4) is 0 Å². The van der Waals surface area contributed by atoms with E-state index in [-0.39, 0.29) is 5.41 Å². The number of imidazole rings is 1. The van der Waals surface area contributed by atoms with Crippen molar-refractivity contribution in [3.8, 4) is 0 Å². The van der Waals surface area contributed by atoms with Gasteiger partial charge in [-0.2, -0.15) is 0 Å². The summed E-state index contributed by atoms with van der Waals surface area (Å²) < 4.78 is 4.81. The molecule has 2 atom stereocenters. The smallest absolute Gasteiger partial charge is 0.237 e. The molecule has 1 heterocycles. The Morgan fingerprint density at radius 1 is 0.765 bits per heavy atom. The lowest BCUT2D eigenvalue weighted by Gasteiger charge is -2.37. The summed E-state index contributed by atoms with van der Waals surface area (Å²) in [5.74, 6) is 0. The number of unbranched alkanes of at least 4 members (excludes halogenated alkanes) is 8. The molecule has 184 valence electrons. The number of nitrogens with zero attached hydrogens (tertiary/aromatic N) is 2. The zero-order valence-electron chi connectivity index (χ0n) is 22.0. The van der Waals surface area contributed by atoms with Crippen molar-refractivity contribution < 1.29 is 4.57 Å². The molecule has 34 heavy (non-hydrogen) atoms. The quantitative estimate of drug-likeness (QED) is 0.150. The highest BCUT2D eigenvalue weighted by Gasteiger charge is 2.40. The molecular formula is C32H47N2+. The van der Waals surface area contributed by atoms with Crippen molar-refractivity contribution in [3.63, 3.8) is 0 Å². The molecule has 0 fully saturated rings. The molecule has 2 nitrogen and oxygen atoms in total. The van der Waals surface area contributed by atoms with E-state index in [0.717, 1.165) is 13.0 Å². The van der Waals surface area contributed by atoms with Gasteiger partial charge in [0.2, 0.25) is 6.33 Å². The molecule has 0 aliphatic heterocycles. The third-order valence-corrected chi connectivity index (χ3v) is 7.60. The summed E-state index contributed by atoms with van der Waals surface area (Å²) in [4.78, 5) is 0. The molecule has 0 aliphatic carbocycles. The van der Waals surface area contributed by atoms with Crippen LogP contribution in [-0.2, 0) is 18.4 Å². The molecule has 1 aromatic heterocycles. The van der Waals surface area contributed by atoms with Gasteiger partial charge >= 0.3 is 0 Å². The van der Waals surface area contributed by atoms with Gasteiger partial charge in [-0.15, -0.1) is 0 Å². The van der Waals surface area contributed by atoms with Crippen LogP contribution in [0.1, 0.15) is 102 Å². The van der Waals surface area contributed by atoms with E-state index in [1.165, 1.54) is 75.3 Å². The van der Waals surface area contributed by atoms with Gasteiger partial charge < -0.3 is 0 Å². The topological polar surface area (TPSA) is 8.81 Å². The van der Waals surface area contributed by atoms with E-state index in [0.29, 0.717) is 6.04 Å². The van der Waals surface area contributed by atoms with Crippen molar-refractivity contribution >= 4 is 0 Å². The van der Waals surface area contributed by atoms with Crippen LogP contribution in [0.2, 0.25) is 0 Å². The minimum absolute atomic E-state index is 0.0212. The van der Waals surface area contributed by atoms with E-state index < -0.39 is 0 Å². The zero-order chi connectivity index (χ0) is 24.1. The summed E-state index contributed by atoms with van der Waals surface area (Å²) in [6.45, 7) is 8.02. The Kier molecular flexibility index (Phi) is 10.9. The maximum Gasteiger partial charge on any atom is 0.243 e. The highest BCUT2D eigenvalue weighted by atomic mass is 15.1. The van der Waals surface area contributed by atoms with Crippen molar-refractivity contribution in [2.24, 2.45) is 0 Å². The molecule has 0 amide bonds. The molecule has 0 radical (unpaired) electrons. The second kappa shape index (κ2) is 14.1. The molecule has 3 rings (SSSR count). The van der Waals surface area contributed by atoms with E-state index in [9.17, 15) is 0 Å². The first-order chi connectivity index (χ1) is 16.7. The largest absolute Gasteiger partial charge is 0.243 e. The van der Waals surface area contributed by atoms with Crippen molar-refractivity contribution in [1.82, 2.24) is 4.57 Å². The van der Waals surface area contributed by atoms with Gasteiger partial charge in [-0.1, -0.05) is 126 Å². The normalized spacial score (nSPS) is 14.1. The van der Waals surface area contributed by atoms with Crippen LogP contribution in [0.25, 0.3) is 0 Å². The Morgan fingerprint density at radius 3 is 1.94 bits per heavy atom. The van der Waals surface area contributed by atoms with E-state index >= 15 is 0 Å². The SMILES string of the molecule is CCCCCCCCCCCC(n1cc[n+](CC)c1)C(C)(Cc1ccccc1)c1ccccc1. The Balaban J connectivity index is 1.76. The molecule has 0 aliphatic rings. The first-order valence-electron chi connectivity index (χ1n) is 13.8. The molecule has 2 unspecified atom stereocenters. The highest BCUT2D eigenvalue weighted by Crippen LogP contribution is 2.41. The van der Waals surface area contributed by atoms with Gasteiger partial charge in [-0.3, -0.25) is 0 Å².